The summed E-state index contributed by atoms with van der Waals surface area (Å²) in [5, 5.41) is 0. The number of hydrogen-bond donors (Lipinski definition) is 0. The summed E-state index contributed by atoms with van der Waals surface area (Å²) in [4.78, 5) is 29.8. The zero-order valence-corrected chi connectivity index (χ0v) is 15.4. The Morgan fingerprint density at radius 1 is 0.962 bits per heavy atom. The Balaban J connectivity index is 1.34. The molecule has 2 saturated heterocycles. The zero-order chi connectivity index (χ0) is 17.7. The molecule has 4 nitrogen and oxygen atoms in total. The van der Waals surface area contributed by atoms with Crippen molar-refractivity contribution in [3.63, 3.8) is 0 Å². The lowest BCUT2D eigenvalue weighted by Gasteiger charge is -2.59. The molecule has 1 unspecified atom stereocenters. The van der Waals surface area contributed by atoms with Gasteiger partial charge in [0, 0.05) is 25.0 Å². The first-order valence-corrected chi connectivity index (χ1v) is 10.4. The number of carbonyl (C=O) groups is 2. The monoisotopic (exact) mass is 352 g/mol. The number of nitrogens with zero attached hydrogens (tertiary/aromatic N) is 2. The van der Waals surface area contributed by atoms with E-state index in [9.17, 15) is 9.59 Å². The van der Waals surface area contributed by atoms with Crippen molar-refractivity contribution in [2.24, 2.45) is 11.3 Å². The van der Waals surface area contributed by atoms with Crippen molar-refractivity contribution in [1.29, 1.82) is 0 Å². The SMILES string of the molecule is O=C(C1CC1)N1CCC(N2C(=O)C3(CCCC3)C2c2ccccc2)CC1. The first-order chi connectivity index (χ1) is 12.7. The van der Waals surface area contributed by atoms with Crippen molar-refractivity contribution >= 4 is 11.8 Å². The van der Waals surface area contributed by atoms with Crippen molar-refractivity contribution in [2.45, 2.75) is 63.5 Å². The number of rotatable bonds is 3. The Morgan fingerprint density at radius 2 is 1.62 bits per heavy atom. The lowest BCUT2D eigenvalue weighted by atomic mass is 9.65. The summed E-state index contributed by atoms with van der Waals surface area (Å²) >= 11 is 0. The summed E-state index contributed by atoms with van der Waals surface area (Å²) in [5.41, 5.74) is 1.16. The number of likely N-dealkylation sites (tertiary alicyclic amines) is 2. The molecule has 2 heterocycles. The van der Waals surface area contributed by atoms with Gasteiger partial charge >= 0.3 is 0 Å². The molecule has 5 rings (SSSR count). The largest absolute Gasteiger partial charge is 0.342 e. The molecule has 2 amide bonds. The summed E-state index contributed by atoms with van der Waals surface area (Å²) in [6, 6.07) is 11.2. The van der Waals surface area contributed by atoms with Crippen molar-refractivity contribution in [1.82, 2.24) is 9.80 Å². The number of piperidine rings is 1. The molecule has 1 atom stereocenters. The lowest BCUT2D eigenvalue weighted by Crippen LogP contribution is -2.66. The maximum Gasteiger partial charge on any atom is 0.232 e. The highest BCUT2D eigenvalue weighted by Gasteiger charge is 2.63. The van der Waals surface area contributed by atoms with Crippen molar-refractivity contribution in [3.05, 3.63) is 35.9 Å². The summed E-state index contributed by atoms with van der Waals surface area (Å²) in [6.07, 6.45) is 8.45. The third kappa shape index (κ3) is 2.41. The van der Waals surface area contributed by atoms with E-state index >= 15 is 0 Å². The van der Waals surface area contributed by atoms with Gasteiger partial charge in [-0.15, -0.1) is 0 Å². The van der Waals surface area contributed by atoms with Crippen LogP contribution in [-0.4, -0.2) is 40.7 Å². The van der Waals surface area contributed by atoms with Crippen molar-refractivity contribution < 1.29 is 9.59 Å². The second kappa shape index (κ2) is 6.11. The molecule has 0 N–H and O–H groups in total. The van der Waals surface area contributed by atoms with E-state index in [4.69, 9.17) is 0 Å². The lowest BCUT2D eigenvalue weighted by molar-refractivity contribution is -0.181. The Kier molecular flexibility index (Phi) is 3.84. The number of β-lactam (4-membered cyclic amide) rings is 1. The predicted octanol–water partition coefficient (Wildman–Crippen LogP) is 3.53. The van der Waals surface area contributed by atoms with Crippen molar-refractivity contribution in [3.8, 4) is 0 Å². The minimum Gasteiger partial charge on any atom is -0.342 e. The van der Waals surface area contributed by atoms with Crippen LogP contribution in [0.25, 0.3) is 0 Å². The maximum atomic E-state index is 13.2. The van der Waals surface area contributed by atoms with Crippen LogP contribution in [0.4, 0.5) is 0 Å². The molecule has 2 aliphatic carbocycles. The third-order valence-electron chi connectivity index (χ3n) is 7.17. The highest BCUT2D eigenvalue weighted by atomic mass is 16.2. The van der Waals surface area contributed by atoms with Gasteiger partial charge in [0.05, 0.1) is 11.5 Å². The molecule has 0 bridgehead atoms. The Bertz CT molecular complexity index is 698. The second-order valence-electron chi connectivity index (χ2n) is 8.72. The molecule has 0 aromatic heterocycles. The number of amides is 2. The molecule has 4 heteroatoms. The van der Waals surface area contributed by atoms with E-state index in [2.05, 4.69) is 35.2 Å². The van der Waals surface area contributed by atoms with E-state index in [1.165, 1.54) is 18.4 Å². The van der Waals surface area contributed by atoms with Crippen LogP contribution in [0, 0.1) is 11.3 Å². The number of benzene rings is 1. The van der Waals surface area contributed by atoms with Gasteiger partial charge in [-0.05, 0) is 44.1 Å². The molecule has 2 aliphatic heterocycles. The first kappa shape index (κ1) is 16.3. The fourth-order valence-corrected chi connectivity index (χ4v) is 5.63. The van der Waals surface area contributed by atoms with Gasteiger partial charge in [0.1, 0.15) is 0 Å². The van der Waals surface area contributed by atoms with Gasteiger partial charge in [-0.25, -0.2) is 0 Å². The fraction of sp³-hybridized carbons (Fsp3) is 0.636. The number of carbonyl (C=O) groups excluding carboxylic acids is 2. The first-order valence-electron chi connectivity index (χ1n) is 10.4. The molecular weight excluding hydrogens is 324 g/mol. The Labute approximate surface area is 155 Å². The van der Waals surface area contributed by atoms with Crippen LogP contribution in [-0.2, 0) is 9.59 Å². The van der Waals surface area contributed by atoms with Gasteiger partial charge in [-0.1, -0.05) is 43.2 Å². The third-order valence-corrected chi connectivity index (χ3v) is 7.17. The van der Waals surface area contributed by atoms with Gasteiger partial charge in [-0.3, -0.25) is 9.59 Å². The van der Waals surface area contributed by atoms with E-state index in [-0.39, 0.29) is 11.5 Å². The second-order valence-corrected chi connectivity index (χ2v) is 8.72. The Hall–Kier alpha value is -1.84. The smallest absolute Gasteiger partial charge is 0.232 e. The minimum atomic E-state index is -0.137. The molecule has 26 heavy (non-hydrogen) atoms. The average Bonchev–Trinajstić information content (AvgIpc) is 3.41. The van der Waals surface area contributed by atoms with Crippen LogP contribution in [0.2, 0.25) is 0 Å². The summed E-state index contributed by atoms with van der Waals surface area (Å²) < 4.78 is 0. The zero-order valence-electron chi connectivity index (χ0n) is 15.4. The van der Waals surface area contributed by atoms with Crippen LogP contribution in [0.15, 0.2) is 30.3 Å². The molecule has 0 radical (unpaired) electrons. The van der Waals surface area contributed by atoms with Crippen LogP contribution in [0.5, 0.6) is 0 Å². The summed E-state index contributed by atoms with van der Waals surface area (Å²) in [7, 11) is 0. The van der Waals surface area contributed by atoms with Gasteiger partial charge in [0.15, 0.2) is 0 Å². The average molecular weight is 352 g/mol. The van der Waals surface area contributed by atoms with Crippen molar-refractivity contribution in [2.75, 3.05) is 13.1 Å². The molecule has 4 aliphatic rings. The van der Waals surface area contributed by atoms with Crippen LogP contribution in [0.1, 0.15) is 63.0 Å². The topological polar surface area (TPSA) is 40.6 Å². The van der Waals surface area contributed by atoms with E-state index in [0.29, 0.717) is 23.8 Å². The quantitative estimate of drug-likeness (QED) is 0.781. The van der Waals surface area contributed by atoms with Gasteiger partial charge < -0.3 is 9.80 Å². The highest BCUT2D eigenvalue weighted by Crippen LogP contribution is 2.60. The van der Waals surface area contributed by atoms with Crippen LogP contribution >= 0.6 is 0 Å². The predicted molar refractivity (Wildman–Crippen MR) is 99.3 cm³/mol. The molecular formula is C22H28N2O2. The molecule has 4 fully saturated rings. The maximum absolute atomic E-state index is 13.2. The Morgan fingerprint density at radius 3 is 2.23 bits per heavy atom. The van der Waals surface area contributed by atoms with Crippen LogP contribution < -0.4 is 0 Å². The van der Waals surface area contributed by atoms with Gasteiger partial charge in [-0.2, -0.15) is 0 Å². The molecule has 1 aromatic rings. The minimum absolute atomic E-state index is 0.137. The van der Waals surface area contributed by atoms with Crippen LogP contribution in [0.3, 0.4) is 0 Å². The van der Waals surface area contributed by atoms with E-state index < -0.39 is 0 Å². The molecule has 1 spiro atoms. The summed E-state index contributed by atoms with van der Waals surface area (Å²) in [6.45, 7) is 1.64. The molecule has 1 aromatic carbocycles. The normalized spacial score (nSPS) is 28.5. The molecule has 138 valence electrons. The van der Waals surface area contributed by atoms with Gasteiger partial charge in [0.25, 0.3) is 0 Å². The molecule has 2 saturated carbocycles. The van der Waals surface area contributed by atoms with E-state index in [1.807, 2.05) is 4.90 Å². The van der Waals surface area contributed by atoms with E-state index in [0.717, 1.165) is 51.6 Å². The van der Waals surface area contributed by atoms with Gasteiger partial charge in [0.2, 0.25) is 11.8 Å². The highest BCUT2D eigenvalue weighted by molar-refractivity contribution is 5.91. The standard InChI is InChI=1S/C22H28N2O2/c25-20(17-8-9-17)23-14-10-18(11-15-23)24-19(16-6-2-1-3-7-16)22(21(24)26)12-4-5-13-22/h1-3,6-7,17-19H,4-5,8-15H2. The summed E-state index contributed by atoms with van der Waals surface area (Å²) in [5.74, 6) is 1.04. The van der Waals surface area contributed by atoms with E-state index in [1.54, 1.807) is 0 Å². The number of hydrogen-bond acceptors (Lipinski definition) is 2. The fourth-order valence-electron chi connectivity index (χ4n) is 5.63.